The van der Waals surface area contributed by atoms with E-state index in [1.54, 1.807) is 14.2 Å². The number of benzene rings is 2. The molecule has 1 N–H and O–H groups in total. The minimum atomic E-state index is -0.389. The lowest BCUT2D eigenvalue weighted by Gasteiger charge is -2.32. The summed E-state index contributed by atoms with van der Waals surface area (Å²) in [5.74, 6) is 1.01. The predicted molar refractivity (Wildman–Crippen MR) is 125 cm³/mol. The summed E-state index contributed by atoms with van der Waals surface area (Å²) in [6, 6.07) is 15.9. The predicted octanol–water partition coefficient (Wildman–Crippen LogP) is 3.66. The third-order valence-electron chi connectivity index (χ3n) is 5.58. The average Bonchev–Trinajstić information content (AvgIpc) is 2.84. The Bertz CT molecular complexity index is 943. The standard InChI is InChI=1S/C26H33NO6/c1-18-25(26(28)31-4)22(15-21(33-18)17-32-16-20-8-6-5-7-9-20)27-13-12-19-10-11-23(29-2)24(14-19)30-3/h5-11,14,18,21,27H,12-13,15-17H2,1-4H3/t18-,21-/m0/s1. The monoisotopic (exact) mass is 455 g/mol. The lowest BCUT2D eigenvalue weighted by Crippen LogP contribution is -2.38. The van der Waals surface area contributed by atoms with Crippen LogP contribution in [0.5, 0.6) is 11.5 Å². The Hall–Kier alpha value is -3.03. The van der Waals surface area contributed by atoms with E-state index >= 15 is 0 Å². The summed E-state index contributed by atoms with van der Waals surface area (Å²) in [4.78, 5) is 12.4. The van der Waals surface area contributed by atoms with Crippen LogP contribution in [0.4, 0.5) is 0 Å². The Morgan fingerprint density at radius 2 is 1.79 bits per heavy atom. The van der Waals surface area contributed by atoms with Crippen LogP contribution in [0, 0.1) is 0 Å². The fourth-order valence-corrected chi connectivity index (χ4v) is 3.93. The first-order chi connectivity index (χ1) is 16.0. The molecule has 0 aromatic heterocycles. The van der Waals surface area contributed by atoms with E-state index in [0.29, 0.717) is 43.3 Å². The van der Waals surface area contributed by atoms with Crippen LogP contribution in [0.15, 0.2) is 59.8 Å². The van der Waals surface area contributed by atoms with Gasteiger partial charge in [0.05, 0.1) is 52.3 Å². The van der Waals surface area contributed by atoms with Gasteiger partial charge in [0.25, 0.3) is 0 Å². The number of nitrogens with one attached hydrogen (secondary N) is 1. The van der Waals surface area contributed by atoms with Crippen molar-refractivity contribution in [3.63, 3.8) is 0 Å². The van der Waals surface area contributed by atoms with Crippen molar-refractivity contribution in [1.29, 1.82) is 0 Å². The number of hydrogen-bond acceptors (Lipinski definition) is 7. The van der Waals surface area contributed by atoms with E-state index in [1.165, 1.54) is 7.11 Å². The maximum Gasteiger partial charge on any atom is 0.338 e. The molecular formula is C26H33NO6. The van der Waals surface area contributed by atoms with Crippen molar-refractivity contribution < 1.29 is 28.5 Å². The summed E-state index contributed by atoms with van der Waals surface area (Å²) in [5.41, 5.74) is 3.59. The molecule has 2 aromatic carbocycles. The highest BCUT2D eigenvalue weighted by molar-refractivity contribution is 5.90. The van der Waals surface area contributed by atoms with E-state index < -0.39 is 0 Å². The third-order valence-corrected chi connectivity index (χ3v) is 5.58. The number of ether oxygens (including phenoxy) is 5. The maximum atomic E-state index is 12.4. The number of carbonyl (C=O) groups excluding carboxylic acids is 1. The molecule has 0 unspecified atom stereocenters. The normalized spacial score (nSPS) is 18.1. The van der Waals surface area contributed by atoms with Crippen LogP contribution in [0.2, 0.25) is 0 Å². The van der Waals surface area contributed by atoms with Gasteiger partial charge in [-0.25, -0.2) is 4.79 Å². The van der Waals surface area contributed by atoms with Gasteiger partial charge in [-0.05, 0) is 36.6 Å². The first kappa shape index (κ1) is 24.6. The first-order valence-electron chi connectivity index (χ1n) is 11.1. The highest BCUT2D eigenvalue weighted by atomic mass is 16.5. The lowest BCUT2D eigenvalue weighted by atomic mass is 9.99. The zero-order valence-corrected chi connectivity index (χ0v) is 19.8. The van der Waals surface area contributed by atoms with Gasteiger partial charge in [0.15, 0.2) is 11.5 Å². The molecule has 0 saturated carbocycles. The van der Waals surface area contributed by atoms with Crippen LogP contribution in [0.3, 0.4) is 0 Å². The highest BCUT2D eigenvalue weighted by Crippen LogP contribution is 2.28. The number of carbonyl (C=O) groups is 1. The minimum absolute atomic E-state index is 0.152. The van der Waals surface area contributed by atoms with Gasteiger partial charge in [0.1, 0.15) is 0 Å². The Kier molecular flexibility index (Phi) is 9.15. The van der Waals surface area contributed by atoms with Crippen molar-refractivity contribution in [1.82, 2.24) is 5.32 Å². The van der Waals surface area contributed by atoms with Crippen LogP contribution in [-0.4, -0.2) is 52.7 Å². The van der Waals surface area contributed by atoms with Crippen molar-refractivity contribution >= 4 is 5.97 Å². The second-order valence-corrected chi connectivity index (χ2v) is 7.86. The molecule has 7 heteroatoms. The SMILES string of the molecule is COC(=O)C1=C(NCCc2ccc(OC)c(OC)c2)C[C@@H](COCc2ccccc2)O[C@H]1C. The molecule has 2 atom stereocenters. The van der Waals surface area contributed by atoms with Gasteiger partial charge in [-0.1, -0.05) is 36.4 Å². The van der Waals surface area contributed by atoms with E-state index in [2.05, 4.69) is 5.32 Å². The summed E-state index contributed by atoms with van der Waals surface area (Å²) in [5, 5.41) is 3.44. The summed E-state index contributed by atoms with van der Waals surface area (Å²) in [6.07, 6.45) is 0.763. The first-order valence-corrected chi connectivity index (χ1v) is 11.1. The van der Waals surface area contributed by atoms with Gasteiger partial charge in [-0.3, -0.25) is 0 Å². The third kappa shape index (κ3) is 6.73. The van der Waals surface area contributed by atoms with E-state index in [0.717, 1.165) is 23.2 Å². The summed E-state index contributed by atoms with van der Waals surface area (Å²) < 4.78 is 27.6. The molecule has 0 fully saturated rings. The maximum absolute atomic E-state index is 12.4. The fraction of sp³-hybridized carbons (Fsp3) is 0.423. The van der Waals surface area contributed by atoms with Crippen LogP contribution in [0.25, 0.3) is 0 Å². The Labute approximate surface area is 195 Å². The van der Waals surface area contributed by atoms with E-state index in [1.807, 2.05) is 55.5 Å². The molecule has 0 amide bonds. The second-order valence-electron chi connectivity index (χ2n) is 7.86. The smallest absolute Gasteiger partial charge is 0.338 e. The highest BCUT2D eigenvalue weighted by Gasteiger charge is 2.32. The molecule has 0 spiro atoms. The number of methoxy groups -OCH3 is 3. The molecule has 2 aromatic rings. The largest absolute Gasteiger partial charge is 0.493 e. The summed E-state index contributed by atoms with van der Waals surface area (Å²) in [7, 11) is 4.63. The summed E-state index contributed by atoms with van der Waals surface area (Å²) in [6.45, 7) is 3.47. The van der Waals surface area contributed by atoms with Crippen molar-refractivity contribution in [3.8, 4) is 11.5 Å². The van der Waals surface area contributed by atoms with Gasteiger partial charge < -0.3 is 29.0 Å². The molecule has 33 heavy (non-hydrogen) atoms. The van der Waals surface area contributed by atoms with Crippen LogP contribution in [0.1, 0.15) is 24.5 Å². The average molecular weight is 456 g/mol. The molecule has 178 valence electrons. The minimum Gasteiger partial charge on any atom is -0.493 e. The van der Waals surface area contributed by atoms with Crippen molar-refractivity contribution in [2.75, 3.05) is 34.5 Å². The van der Waals surface area contributed by atoms with Crippen molar-refractivity contribution in [2.45, 2.75) is 38.6 Å². The molecule has 7 nitrogen and oxygen atoms in total. The molecule has 0 bridgehead atoms. The number of hydrogen-bond donors (Lipinski definition) is 1. The quantitative estimate of drug-likeness (QED) is 0.518. The lowest BCUT2D eigenvalue weighted by molar-refractivity contribution is -0.139. The Morgan fingerprint density at radius 1 is 1.03 bits per heavy atom. The molecule has 1 heterocycles. The van der Waals surface area contributed by atoms with E-state index in [9.17, 15) is 4.79 Å². The number of rotatable bonds is 11. The molecule has 0 aliphatic carbocycles. The molecule has 3 rings (SSSR count). The van der Waals surface area contributed by atoms with Crippen molar-refractivity contribution in [3.05, 3.63) is 70.9 Å². The molecule has 0 radical (unpaired) electrons. The zero-order valence-electron chi connectivity index (χ0n) is 19.8. The van der Waals surface area contributed by atoms with E-state index in [4.69, 9.17) is 23.7 Å². The van der Waals surface area contributed by atoms with Crippen LogP contribution in [-0.2, 0) is 32.0 Å². The summed E-state index contributed by atoms with van der Waals surface area (Å²) >= 11 is 0. The van der Waals surface area contributed by atoms with Gasteiger partial charge >= 0.3 is 5.97 Å². The molecule has 0 saturated heterocycles. The Balaban J connectivity index is 1.62. The second kappa shape index (κ2) is 12.3. The number of esters is 1. The van der Waals surface area contributed by atoms with Crippen molar-refractivity contribution in [2.24, 2.45) is 0 Å². The van der Waals surface area contributed by atoms with Crippen LogP contribution >= 0.6 is 0 Å². The van der Waals surface area contributed by atoms with Gasteiger partial charge in [0.2, 0.25) is 0 Å². The van der Waals surface area contributed by atoms with Gasteiger partial charge in [-0.15, -0.1) is 0 Å². The zero-order chi connectivity index (χ0) is 23.6. The molecule has 1 aliphatic rings. The fourth-order valence-electron chi connectivity index (χ4n) is 3.93. The van der Waals surface area contributed by atoms with Gasteiger partial charge in [-0.2, -0.15) is 0 Å². The van der Waals surface area contributed by atoms with Gasteiger partial charge in [0, 0.05) is 18.7 Å². The molecular weight excluding hydrogens is 422 g/mol. The van der Waals surface area contributed by atoms with E-state index in [-0.39, 0.29) is 18.2 Å². The molecule has 1 aliphatic heterocycles. The topological polar surface area (TPSA) is 75.3 Å². The Morgan fingerprint density at radius 3 is 2.48 bits per heavy atom. The van der Waals surface area contributed by atoms with Crippen LogP contribution < -0.4 is 14.8 Å².